The molecule has 2 aromatic carbocycles. The molecule has 5 heteroatoms. The van der Waals surface area contributed by atoms with Gasteiger partial charge in [-0.2, -0.15) is 5.26 Å². The Balaban J connectivity index is 2.06. The molecular weight excluding hydrogens is 264 g/mol. The first-order chi connectivity index (χ1) is 9.60. The first-order valence-corrected chi connectivity index (χ1v) is 5.71. The van der Waals surface area contributed by atoms with Crippen LogP contribution in [0.3, 0.4) is 0 Å². The Bertz CT molecular complexity index is 693. The summed E-state index contributed by atoms with van der Waals surface area (Å²) in [5.74, 6) is -1.85. The maximum absolute atomic E-state index is 13.5. The fourth-order valence-corrected chi connectivity index (χ4v) is 1.58. The highest BCUT2D eigenvalue weighted by Crippen LogP contribution is 2.18. The molecule has 0 aliphatic heterocycles. The average Bonchev–Trinajstić information content (AvgIpc) is 2.45. The van der Waals surface area contributed by atoms with Gasteiger partial charge in [-0.3, -0.25) is 4.79 Å². The van der Waals surface area contributed by atoms with Gasteiger partial charge in [-0.25, -0.2) is 8.78 Å². The van der Waals surface area contributed by atoms with Crippen molar-refractivity contribution in [3.63, 3.8) is 0 Å². The summed E-state index contributed by atoms with van der Waals surface area (Å²) in [6.07, 6.45) is 0. The van der Waals surface area contributed by atoms with Crippen LogP contribution in [0.15, 0.2) is 42.5 Å². The third-order valence-corrected chi connectivity index (χ3v) is 2.57. The van der Waals surface area contributed by atoms with Crippen LogP contribution in [-0.4, -0.2) is 12.4 Å². The van der Waals surface area contributed by atoms with E-state index in [0.29, 0.717) is 0 Å². The lowest BCUT2D eigenvalue weighted by Crippen LogP contribution is -2.12. The van der Waals surface area contributed by atoms with E-state index in [4.69, 9.17) is 10.00 Å². The van der Waals surface area contributed by atoms with Crippen molar-refractivity contribution in [1.82, 2.24) is 0 Å². The van der Waals surface area contributed by atoms with E-state index in [2.05, 4.69) is 0 Å². The maximum Gasteiger partial charge on any atom is 0.200 e. The van der Waals surface area contributed by atoms with E-state index in [1.807, 2.05) is 0 Å². The standard InChI is InChI=1S/C15H9F2NO2/c16-12-3-1-2-11(7-12)14(19)9-20-15-5-4-10(8-18)6-13(15)17/h1-7H,9H2. The molecule has 3 nitrogen and oxygen atoms in total. The Hall–Kier alpha value is -2.74. The van der Waals surface area contributed by atoms with Crippen molar-refractivity contribution in [3.05, 3.63) is 65.2 Å². The van der Waals surface area contributed by atoms with Crippen LogP contribution in [0.1, 0.15) is 15.9 Å². The van der Waals surface area contributed by atoms with E-state index in [1.54, 1.807) is 6.07 Å². The zero-order chi connectivity index (χ0) is 14.5. The molecule has 0 fully saturated rings. The van der Waals surface area contributed by atoms with Gasteiger partial charge in [0.2, 0.25) is 0 Å². The molecule has 0 unspecified atom stereocenters. The number of nitriles is 1. The summed E-state index contributed by atoms with van der Waals surface area (Å²) < 4.78 is 31.5. The molecule has 0 aromatic heterocycles. The van der Waals surface area contributed by atoms with E-state index in [-0.39, 0.29) is 16.9 Å². The first kappa shape index (κ1) is 13.7. The van der Waals surface area contributed by atoms with Crippen molar-refractivity contribution in [2.24, 2.45) is 0 Å². The molecule has 2 aromatic rings. The topological polar surface area (TPSA) is 50.1 Å². The predicted molar refractivity (Wildman–Crippen MR) is 67.3 cm³/mol. The zero-order valence-electron chi connectivity index (χ0n) is 10.3. The number of carbonyl (C=O) groups excluding carboxylic acids is 1. The maximum atomic E-state index is 13.5. The van der Waals surface area contributed by atoms with Crippen LogP contribution in [-0.2, 0) is 0 Å². The Morgan fingerprint density at radius 3 is 2.65 bits per heavy atom. The second-order valence-corrected chi connectivity index (χ2v) is 3.98. The molecule has 0 bridgehead atoms. The molecule has 0 heterocycles. The fraction of sp³-hybridized carbons (Fsp3) is 0.0667. The van der Waals surface area contributed by atoms with Crippen molar-refractivity contribution >= 4 is 5.78 Å². The average molecular weight is 273 g/mol. The fourth-order valence-electron chi connectivity index (χ4n) is 1.58. The van der Waals surface area contributed by atoms with Gasteiger partial charge in [0.05, 0.1) is 11.6 Å². The number of nitrogens with zero attached hydrogens (tertiary/aromatic N) is 1. The highest BCUT2D eigenvalue weighted by atomic mass is 19.1. The lowest BCUT2D eigenvalue weighted by Gasteiger charge is -2.06. The number of Topliss-reactive ketones (excluding diaryl/α,β-unsaturated/α-hetero) is 1. The second kappa shape index (κ2) is 5.93. The normalized spacial score (nSPS) is 9.85. The van der Waals surface area contributed by atoms with Gasteiger partial charge in [0, 0.05) is 5.56 Å². The molecule has 100 valence electrons. The molecule has 0 N–H and O–H groups in total. The predicted octanol–water partition coefficient (Wildman–Crippen LogP) is 3.10. The van der Waals surface area contributed by atoms with Gasteiger partial charge in [0.15, 0.2) is 24.0 Å². The van der Waals surface area contributed by atoms with Crippen LogP contribution in [0.2, 0.25) is 0 Å². The van der Waals surface area contributed by atoms with Crippen molar-refractivity contribution in [2.45, 2.75) is 0 Å². The van der Waals surface area contributed by atoms with Crippen molar-refractivity contribution in [1.29, 1.82) is 5.26 Å². The van der Waals surface area contributed by atoms with Crippen LogP contribution >= 0.6 is 0 Å². The van der Waals surface area contributed by atoms with Crippen LogP contribution in [0.25, 0.3) is 0 Å². The third kappa shape index (κ3) is 3.18. The van der Waals surface area contributed by atoms with E-state index < -0.39 is 24.0 Å². The Kier molecular flexibility index (Phi) is 4.06. The van der Waals surface area contributed by atoms with Crippen LogP contribution < -0.4 is 4.74 Å². The second-order valence-electron chi connectivity index (χ2n) is 3.98. The number of carbonyl (C=O) groups is 1. The van der Waals surface area contributed by atoms with Crippen LogP contribution in [0.5, 0.6) is 5.75 Å². The lowest BCUT2D eigenvalue weighted by molar-refractivity contribution is 0.0918. The molecule has 0 aliphatic carbocycles. The molecule has 0 saturated carbocycles. The van der Waals surface area contributed by atoms with Gasteiger partial charge in [-0.1, -0.05) is 12.1 Å². The van der Waals surface area contributed by atoms with Gasteiger partial charge >= 0.3 is 0 Å². The van der Waals surface area contributed by atoms with Crippen molar-refractivity contribution in [3.8, 4) is 11.8 Å². The summed E-state index contributed by atoms with van der Waals surface area (Å²) in [6.45, 7) is -0.410. The Morgan fingerprint density at radius 2 is 2.00 bits per heavy atom. The number of hydrogen-bond acceptors (Lipinski definition) is 3. The van der Waals surface area contributed by atoms with Crippen LogP contribution in [0.4, 0.5) is 8.78 Å². The van der Waals surface area contributed by atoms with Gasteiger partial charge in [-0.15, -0.1) is 0 Å². The number of hydrogen-bond donors (Lipinski definition) is 0. The van der Waals surface area contributed by atoms with Gasteiger partial charge < -0.3 is 4.74 Å². The van der Waals surface area contributed by atoms with Crippen LogP contribution in [0, 0.1) is 23.0 Å². The molecule has 0 spiro atoms. The number of halogens is 2. The third-order valence-electron chi connectivity index (χ3n) is 2.57. The van der Waals surface area contributed by atoms with Crippen molar-refractivity contribution < 1.29 is 18.3 Å². The highest BCUT2D eigenvalue weighted by molar-refractivity contribution is 5.97. The number of ketones is 1. The molecule has 0 amide bonds. The van der Waals surface area contributed by atoms with E-state index in [9.17, 15) is 13.6 Å². The number of ether oxygens (including phenoxy) is 1. The zero-order valence-corrected chi connectivity index (χ0v) is 10.3. The summed E-state index contributed by atoms with van der Waals surface area (Å²) in [6, 6.07) is 10.6. The SMILES string of the molecule is N#Cc1ccc(OCC(=O)c2cccc(F)c2)c(F)c1. The van der Waals surface area contributed by atoms with E-state index in [1.165, 1.54) is 30.3 Å². The monoisotopic (exact) mass is 273 g/mol. The minimum absolute atomic E-state index is 0.131. The molecule has 0 aliphatic rings. The summed E-state index contributed by atoms with van der Waals surface area (Å²) in [5.41, 5.74) is 0.311. The molecule has 0 atom stereocenters. The lowest BCUT2D eigenvalue weighted by atomic mass is 10.1. The summed E-state index contributed by atoms with van der Waals surface area (Å²) in [4.78, 5) is 11.7. The summed E-state index contributed by atoms with van der Waals surface area (Å²) >= 11 is 0. The quantitative estimate of drug-likeness (QED) is 0.804. The number of benzene rings is 2. The smallest absolute Gasteiger partial charge is 0.200 e. The summed E-state index contributed by atoms with van der Waals surface area (Å²) in [7, 11) is 0. The van der Waals surface area contributed by atoms with E-state index in [0.717, 1.165) is 12.1 Å². The van der Waals surface area contributed by atoms with Gasteiger partial charge in [-0.05, 0) is 30.3 Å². The molecule has 0 saturated heterocycles. The largest absolute Gasteiger partial charge is 0.482 e. The molecule has 0 radical (unpaired) electrons. The molecular formula is C15H9F2NO2. The van der Waals surface area contributed by atoms with Gasteiger partial charge in [0.25, 0.3) is 0 Å². The van der Waals surface area contributed by atoms with Crippen molar-refractivity contribution in [2.75, 3.05) is 6.61 Å². The first-order valence-electron chi connectivity index (χ1n) is 5.71. The molecule has 2 rings (SSSR count). The summed E-state index contributed by atoms with van der Waals surface area (Å²) in [5, 5.41) is 8.60. The number of rotatable bonds is 4. The van der Waals surface area contributed by atoms with Gasteiger partial charge in [0.1, 0.15) is 5.82 Å². The Labute approximate surface area is 114 Å². The highest BCUT2D eigenvalue weighted by Gasteiger charge is 2.10. The molecule has 20 heavy (non-hydrogen) atoms. The minimum Gasteiger partial charge on any atom is -0.482 e. The Morgan fingerprint density at radius 1 is 1.20 bits per heavy atom. The van der Waals surface area contributed by atoms with E-state index >= 15 is 0 Å². The minimum atomic E-state index is -0.726.